The fraction of sp³-hybridized carbons (Fsp3) is 0.611. The van der Waals surface area contributed by atoms with Crippen LogP contribution in [-0.4, -0.2) is 67.6 Å². The van der Waals surface area contributed by atoms with Crippen molar-refractivity contribution < 1.29 is 4.79 Å². The first-order valence-electron chi connectivity index (χ1n) is 8.76. The molecule has 1 N–H and O–H groups in total. The van der Waals surface area contributed by atoms with Gasteiger partial charge in [-0.3, -0.25) is 0 Å². The van der Waals surface area contributed by atoms with Crippen molar-refractivity contribution in [3.63, 3.8) is 0 Å². The Bertz CT molecular complexity index is 597. The second-order valence-corrected chi connectivity index (χ2v) is 6.74. The van der Waals surface area contributed by atoms with E-state index in [9.17, 15) is 4.79 Å². The predicted molar refractivity (Wildman–Crippen MR) is 98.2 cm³/mol. The number of carbonyl (C=O) groups is 1. The molecule has 0 saturated carbocycles. The number of hydrogen-bond acceptors (Lipinski definition) is 5. The van der Waals surface area contributed by atoms with Crippen LogP contribution in [0.25, 0.3) is 0 Å². The zero-order valence-corrected chi connectivity index (χ0v) is 15.4. The number of nitrogens with zero attached hydrogens (tertiary/aromatic N) is 5. The van der Waals surface area contributed by atoms with E-state index in [0.29, 0.717) is 13.1 Å². The molecule has 7 nitrogen and oxygen atoms in total. The summed E-state index contributed by atoms with van der Waals surface area (Å²) in [5.41, 5.74) is 0.964. The summed E-state index contributed by atoms with van der Waals surface area (Å²) in [6.45, 7) is 6.83. The van der Waals surface area contributed by atoms with Crippen LogP contribution in [0.1, 0.15) is 18.9 Å². The molecule has 1 aromatic rings. The van der Waals surface area contributed by atoms with E-state index in [0.717, 1.165) is 44.0 Å². The molecule has 2 heterocycles. The first kappa shape index (κ1) is 19.0. The van der Waals surface area contributed by atoms with E-state index >= 15 is 0 Å². The number of likely N-dealkylation sites (N-methyl/N-ethyl adjacent to an activating group) is 1. The van der Waals surface area contributed by atoms with Crippen LogP contribution in [0.3, 0.4) is 0 Å². The molecule has 0 spiro atoms. The highest BCUT2D eigenvalue weighted by atomic mass is 16.2. The summed E-state index contributed by atoms with van der Waals surface area (Å²) in [6, 6.07) is 5.98. The highest BCUT2D eigenvalue weighted by molar-refractivity contribution is 5.73. The van der Waals surface area contributed by atoms with Crippen LogP contribution in [0.5, 0.6) is 0 Å². The Labute approximate surface area is 150 Å². The van der Waals surface area contributed by atoms with Crippen LogP contribution in [0, 0.1) is 17.2 Å². The van der Waals surface area contributed by atoms with E-state index in [1.165, 1.54) is 4.90 Å². The average molecular weight is 344 g/mol. The topological polar surface area (TPSA) is 75.5 Å². The van der Waals surface area contributed by atoms with Crippen molar-refractivity contribution in [2.45, 2.75) is 19.9 Å². The van der Waals surface area contributed by atoms with Crippen LogP contribution in [-0.2, 0) is 6.54 Å². The second-order valence-electron chi connectivity index (χ2n) is 6.74. The van der Waals surface area contributed by atoms with Crippen molar-refractivity contribution in [3.8, 4) is 6.07 Å². The third kappa shape index (κ3) is 5.91. The van der Waals surface area contributed by atoms with Gasteiger partial charge < -0.3 is 20.0 Å². The molecule has 1 fully saturated rings. The Balaban J connectivity index is 1.84. The maximum absolute atomic E-state index is 12.0. The van der Waals surface area contributed by atoms with Crippen molar-refractivity contribution in [2.24, 2.45) is 5.92 Å². The van der Waals surface area contributed by atoms with E-state index in [2.05, 4.69) is 33.2 Å². The fourth-order valence-corrected chi connectivity index (χ4v) is 2.83. The largest absolute Gasteiger partial charge is 0.355 e. The number of aromatic nitrogens is 1. The maximum atomic E-state index is 12.0. The van der Waals surface area contributed by atoms with Gasteiger partial charge in [-0.25, -0.2) is 9.78 Å². The smallest absolute Gasteiger partial charge is 0.317 e. The quantitative estimate of drug-likeness (QED) is 0.877. The second kappa shape index (κ2) is 9.23. The number of nitriles is 1. The van der Waals surface area contributed by atoms with E-state index < -0.39 is 0 Å². The Morgan fingerprint density at radius 1 is 1.40 bits per heavy atom. The lowest BCUT2D eigenvalue weighted by Crippen LogP contribution is -2.39. The van der Waals surface area contributed by atoms with Crippen LogP contribution < -0.4 is 10.2 Å². The molecule has 2 amide bonds. The molecule has 2 rings (SSSR count). The first-order valence-corrected chi connectivity index (χ1v) is 8.76. The lowest BCUT2D eigenvalue weighted by molar-refractivity contribution is 0.205. The predicted octanol–water partition coefficient (Wildman–Crippen LogP) is 1.52. The molecule has 25 heavy (non-hydrogen) atoms. The normalized spacial score (nSPS) is 16.6. The molecule has 136 valence electrons. The Morgan fingerprint density at radius 3 is 2.88 bits per heavy atom. The molecule has 0 bridgehead atoms. The van der Waals surface area contributed by atoms with Crippen LogP contribution in [0.2, 0.25) is 0 Å². The number of nitrogens with one attached hydrogen (secondary N) is 1. The van der Waals surface area contributed by atoms with Gasteiger partial charge in [0.2, 0.25) is 0 Å². The van der Waals surface area contributed by atoms with Gasteiger partial charge in [0.15, 0.2) is 0 Å². The molecule has 7 heteroatoms. The van der Waals surface area contributed by atoms with Gasteiger partial charge in [0, 0.05) is 46.0 Å². The molecule has 1 aliphatic heterocycles. The van der Waals surface area contributed by atoms with Crippen molar-refractivity contribution in [1.82, 2.24) is 20.1 Å². The van der Waals surface area contributed by atoms with Gasteiger partial charge in [-0.05, 0) is 38.6 Å². The van der Waals surface area contributed by atoms with Crippen LogP contribution >= 0.6 is 0 Å². The molecule has 0 aromatic carbocycles. The Morgan fingerprint density at radius 2 is 2.20 bits per heavy atom. The van der Waals surface area contributed by atoms with Crippen molar-refractivity contribution >= 4 is 11.8 Å². The zero-order valence-electron chi connectivity index (χ0n) is 15.4. The summed E-state index contributed by atoms with van der Waals surface area (Å²) in [7, 11) is 3.85. The molecule has 1 aliphatic rings. The summed E-state index contributed by atoms with van der Waals surface area (Å²) < 4.78 is 0. The van der Waals surface area contributed by atoms with Crippen molar-refractivity contribution in [2.75, 3.05) is 51.7 Å². The number of rotatable bonds is 5. The summed E-state index contributed by atoms with van der Waals surface area (Å²) in [4.78, 5) is 22.8. The number of amides is 2. The highest BCUT2D eigenvalue weighted by Crippen LogP contribution is 2.14. The lowest BCUT2D eigenvalue weighted by atomic mass is 10.2. The van der Waals surface area contributed by atoms with Gasteiger partial charge in [0.05, 0.1) is 12.0 Å². The minimum atomic E-state index is -0.179. The molecule has 1 unspecified atom stereocenters. The summed E-state index contributed by atoms with van der Waals surface area (Å²) in [5, 5.41) is 11.7. The van der Waals surface area contributed by atoms with Gasteiger partial charge in [-0.15, -0.1) is 0 Å². The number of hydrogen-bond donors (Lipinski definition) is 1. The fourth-order valence-electron chi connectivity index (χ4n) is 2.83. The Kier molecular flexibility index (Phi) is 7.02. The molecular weight excluding hydrogens is 316 g/mol. The van der Waals surface area contributed by atoms with E-state index in [1.54, 1.807) is 14.0 Å². The van der Waals surface area contributed by atoms with E-state index in [4.69, 9.17) is 5.26 Å². The van der Waals surface area contributed by atoms with Gasteiger partial charge in [0.25, 0.3) is 0 Å². The molecule has 0 aliphatic carbocycles. The van der Waals surface area contributed by atoms with Crippen LogP contribution in [0.15, 0.2) is 18.3 Å². The molecule has 1 atom stereocenters. The molecule has 1 aromatic heterocycles. The van der Waals surface area contributed by atoms with Gasteiger partial charge in [0.1, 0.15) is 5.82 Å². The van der Waals surface area contributed by atoms with E-state index in [1.807, 2.05) is 18.3 Å². The third-order valence-electron chi connectivity index (χ3n) is 4.41. The number of anilines is 1. The number of urea groups is 1. The molecular formula is C18H28N6O. The monoisotopic (exact) mass is 344 g/mol. The molecule has 0 radical (unpaired) electrons. The summed E-state index contributed by atoms with van der Waals surface area (Å²) in [5.74, 6) is 0.815. The average Bonchev–Trinajstić information content (AvgIpc) is 2.84. The van der Waals surface area contributed by atoms with Gasteiger partial charge in [-0.1, -0.05) is 6.07 Å². The van der Waals surface area contributed by atoms with E-state index in [-0.39, 0.29) is 11.9 Å². The maximum Gasteiger partial charge on any atom is 0.317 e. The number of carbonyl (C=O) groups excluding carboxylic acids is 1. The number of pyridine rings is 1. The zero-order chi connectivity index (χ0) is 18.2. The minimum absolute atomic E-state index is 0.177. The summed E-state index contributed by atoms with van der Waals surface area (Å²) in [6.07, 6.45) is 2.96. The third-order valence-corrected chi connectivity index (χ3v) is 4.41. The van der Waals surface area contributed by atoms with Crippen molar-refractivity contribution in [3.05, 3.63) is 23.9 Å². The standard InChI is InChI=1S/C18H28N6O/c1-15(11-19)14-23(3)18(25)21-13-16-5-6-17(20-12-16)24-8-4-7-22(2)9-10-24/h5-6,12,15H,4,7-10,13-14H2,1-3H3,(H,21,25). The first-order chi connectivity index (χ1) is 12.0. The minimum Gasteiger partial charge on any atom is -0.355 e. The highest BCUT2D eigenvalue weighted by Gasteiger charge is 2.14. The van der Waals surface area contributed by atoms with Crippen molar-refractivity contribution in [1.29, 1.82) is 5.26 Å². The van der Waals surface area contributed by atoms with Crippen LogP contribution in [0.4, 0.5) is 10.6 Å². The molecule has 1 saturated heterocycles. The Hall–Kier alpha value is -2.33. The summed E-state index contributed by atoms with van der Waals surface area (Å²) >= 11 is 0. The van der Waals surface area contributed by atoms with Gasteiger partial charge in [-0.2, -0.15) is 5.26 Å². The van der Waals surface area contributed by atoms with Gasteiger partial charge >= 0.3 is 6.03 Å². The lowest BCUT2D eigenvalue weighted by Gasteiger charge is -2.22. The SMILES string of the molecule is CC(C#N)CN(C)C(=O)NCc1ccc(N2CCCN(C)CC2)nc1.